The summed E-state index contributed by atoms with van der Waals surface area (Å²) in [5, 5.41) is 17.2. The fourth-order valence-corrected chi connectivity index (χ4v) is 1.74. The average molecular weight is 241 g/mol. The van der Waals surface area contributed by atoms with Crippen LogP contribution < -0.4 is 5.32 Å². The average Bonchev–Trinajstić information content (AvgIpc) is 3.05. The summed E-state index contributed by atoms with van der Waals surface area (Å²) in [6.07, 6.45) is 3.37. The molecule has 0 aliphatic carbocycles. The number of hydrogen-bond donors (Lipinski definition) is 3. The topological polar surface area (TPSA) is 86.5 Å². The highest BCUT2D eigenvalue weighted by molar-refractivity contribution is 5.97. The van der Waals surface area contributed by atoms with Gasteiger partial charge in [-0.2, -0.15) is 10.2 Å². The van der Waals surface area contributed by atoms with Gasteiger partial charge in [-0.3, -0.25) is 15.0 Å². The number of fused-ring (bicyclic) bond motifs is 1. The first kappa shape index (κ1) is 10.5. The zero-order valence-corrected chi connectivity index (χ0v) is 9.47. The highest BCUT2D eigenvalue weighted by atomic mass is 16.1. The number of aromatic nitrogens is 4. The van der Waals surface area contributed by atoms with Crippen molar-refractivity contribution in [1.82, 2.24) is 25.7 Å². The highest BCUT2D eigenvalue weighted by Crippen LogP contribution is 2.12. The minimum Gasteiger partial charge on any atom is -0.346 e. The maximum Gasteiger partial charge on any atom is 0.251 e. The van der Waals surface area contributed by atoms with Crippen molar-refractivity contribution in [2.45, 2.75) is 6.54 Å². The van der Waals surface area contributed by atoms with Crippen molar-refractivity contribution in [2.24, 2.45) is 0 Å². The molecule has 1 amide bonds. The summed E-state index contributed by atoms with van der Waals surface area (Å²) in [6, 6.07) is 7.24. The number of hydrogen-bond acceptors (Lipinski definition) is 3. The van der Waals surface area contributed by atoms with Crippen molar-refractivity contribution in [3.05, 3.63) is 47.9 Å². The maximum atomic E-state index is 11.9. The van der Waals surface area contributed by atoms with Crippen LogP contribution in [0.1, 0.15) is 16.1 Å². The maximum absolute atomic E-state index is 11.9. The van der Waals surface area contributed by atoms with E-state index in [-0.39, 0.29) is 5.91 Å². The number of nitrogens with one attached hydrogen (secondary N) is 3. The van der Waals surface area contributed by atoms with Crippen LogP contribution in [0.25, 0.3) is 10.9 Å². The molecular formula is C12H11N5O. The van der Waals surface area contributed by atoms with E-state index in [1.54, 1.807) is 24.5 Å². The molecule has 2 aromatic heterocycles. The van der Waals surface area contributed by atoms with Gasteiger partial charge in [0.25, 0.3) is 5.91 Å². The summed E-state index contributed by atoms with van der Waals surface area (Å²) >= 11 is 0. The summed E-state index contributed by atoms with van der Waals surface area (Å²) in [4.78, 5) is 11.9. The van der Waals surface area contributed by atoms with Gasteiger partial charge in [0.15, 0.2) is 0 Å². The van der Waals surface area contributed by atoms with E-state index in [4.69, 9.17) is 0 Å². The second-order valence-electron chi connectivity index (χ2n) is 3.94. The first-order valence-electron chi connectivity index (χ1n) is 5.52. The van der Waals surface area contributed by atoms with Crippen LogP contribution in [0.4, 0.5) is 0 Å². The van der Waals surface area contributed by atoms with E-state index in [0.29, 0.717) is 12.1 Å². The molecule has 2 heterocycles. The zero-order chi connectivity index (χ0) is 12.4. The van der Waals surface area contributed by atoms with Crippen molar-refractivity contribution >= 4 is 16.8 Å². The van der Waals surface area contributed by atoms with Crippen LogP contribution in [0.3, 0.4) is 0 Å². The minimum absolute atomic E-state index is 0.124. The Morgan fingerprint density at radius 3 is 3.00 bits per heavy atom. The molecule has 3 aromatic rings. The molecule has 0 saturated heterocycles. The van der Waals surface area contributed by atoms with Crippen LogP contribution in [-0.2, 0) is 6.54 Å². The molecule has 0 atom stereocenters. The lowest BCUT2D eigenvalue weighted by atomic mass is 10.1. The fourth-order valence-electron chi connectivity index (χ4n) is 1.74. The molecular weight excluding hydrogens is 230 g/mol. The number of amides is 1. The van der Waals surface area contributed by atoms with E-state index in [0.717, 1.165) is 16.6 Å². The predicted octanol–water partition coefficient (Wildman–Crippen LogP) is 1.22. The summed E-state index contributed by atoms with van der Waals surface area (Å²) in [5.41, 5.74) is 2.32. The molecule has 0 saturated carbocycles. The van der Waals surface area contributed by atoms with Gasteiger partial charge in [0.05, 0.1) is 24.0 Å². The lowest BCUT2D eigenvalue weighted by Crippen LogP contribution is -2.22. The van der Waals surface area contributed by atoms with Crippen molar-refractivity contribution in [2.75, 3.05) is 0 Å². The van der Waals surface area contributed by atoms with Crippen molar-refractivity contribution in [3.63, 3.8) is 0 Å². The van der Waals surface area contributed by atoms with E-state index in [1.165, 1.54) is 0 Å². The molecule has 6 nitrogen and oxygen atoms in total. The Morgan fingerprint density at radius 1 is 1.22 bits per heavy atom. The van der Waals surface area contributed by atoms with Crippen LogP contribution in [0.2, 0.25) is 0 Å². The van der Waals surface area contributed by atoms with Gasteiger partial charge in [-0.15, -0.1) is 0 Å². The summed E-state index contributed by atoms with van der Waals surface area (Å²) in [6.45, 7) is 0.430. The molecule has 0 aliphatic heterocycles. The molecule has 6 heteroatoms. The molecule has 3 N–H and O–H groups in total. The first-order valence-corrected chi connectivity index (χ1v) is 5.52. The largest absolute Gasteiger partial charge is 0.346 e. The third kappa shape index (κ3) is 1.95. The lowest BCUT2D eigenvalue weighted by molar-refractivity contribution is 0.0950. The molecule has 0 unspecified atom stereocenters. The number of carbonyl (C=O) groups is 1. The lowest BCUT2D eigenvalue weighted by Gasteiger charge is -2.03. The molecule has 0 spiro atoms. The number of carbonyl (C=O) groups excluding carboxylic acids is 1. The normalized spacial score (nSPS) is 10.7. The van der Waals surface area contributed by atoms with Gasteiger partial charge in [0.1, 0.15) is 0 Å². The third-order valence-corrected chi connectivity index (χ3v) is 2.70. The monoisotopic (exact) mass is 241 g/mol. The Bertz CT molecular complexity index is 671. The second kappa shape index (κ2) is 4.33. The smallest absolute Gasteiger partial charge is 0.251 e. The molecule has 0 radical (unpaired) electrons. The molecule has 1 aromatic carbocycles. The van der Waals surface area contributed by atoms with Crippen LogP contribution >= 0.6 is 0 Å². The van der Waals surface area contributed by atoms with Crippen LogP contribution in [0.5, 0.6) is 0 Å². The summed E-state index contributed by atoms with van der Waals surface area (Å²) in [5.74, 6) is -0.124. The number of benzene rings is 1. The van der Waals surface area contributed by atoms with Gasteiger partial charge in [0, 0.05) is 17.1 Å². The Kier molecular flexibility index (Phi) is 2.53. The van der Waals surface area contributed by atoms with Gasteiger partial charge >= 0.3 is 0 Å². The Hall–Kier alpha value is -2.63. The summed E-state index contributed by atoms with van der Waals surface area (Å²) < 4.78 is 0. The molecule has 3 rings (SSSR count). The van der Waals surface area contributed by atoms with E-state index in [2.05, 4.69) is 25.7 Å². The van der Waals surface area contributed by atoms with Crippen LogP contribution in [0, 0.1) is 0 Å². The van der Waals surface area contributed by atoms with E-state index >= 15 is 0 Å². The molecule has 0 bridgehead atoms. The van der Waals surface area contributed by atoms with Crippen molar-refractivity contribution < 1.29 is 4.79 Å². The third-order valence-electron chi connectivity index (χ3n) is 2.70. The first-order chi connectivity index (χ1) is 8.83. The molecule has 90 valence electrons. The predicted molar refractivity (Wildman–Crippen MR) is 65.9 cm³/mol. The Morgan fingerprint density at radius 2 is 2.17 bits per heavy atom. The summed E-state index contributed by atoms with van der Waals surface area (Å²) in [7, 11) is 0. The van der Waals surface area contributed by atoms with Crippen LogP contribution in [-0.4, -0.2) is 26.3 Å². The number of aromatic amines is 2. The SMILES string of the molecule is O=C(NCc1ccn[nH]1)c1ccc2cn[nH]c2c1. The molecule has 18 heavy (non-hydrogen) atoms. The van der Waals surface area contributed by atoms with Crippen molar-refractivity contribution in [3.8, 4) is 0 Å². The van der Waals surface area contributed by atoms with Gasteiger partial charge in [-0.1, -0.05) is 6.07 Å². The Labute approximate surface area is 102 Å². The highest BCUT2D eigenvalue weighted by Gasteiger charge is 2.07. The Balaban J connectivity index is 1.75. The number of nitrogens with zero attached hydrogens (tertiary/aromatic N) is 2. The second-order valence-corrected chi connectivity index (χ2v) is 3.94. The fraction of sp³-hybridized carbons (Fsp3) is 0.0833. The number of rotatable bonds is 3. The molecule has 0 fully saturated rings. The minimum atomic E-state index is -0.124. The standard InChI is InChI=1S/C12H11N5O/c18-12(13-7-10-3-4-14-16-10)8-1-2-9-6-15-17-11(9)5-8/h1-6H,7H2,(H,13,18)(H,14,16)(H,15,17). The molecule has 0 aliphatic rings. The van der Waals surface area contributed by atoms with E-state index < -0.39 is 0 Å². The van der Waals surface area contributed by atoms with Gasteiger partial charge in [-0.05, 0) is 18.2 Å². The zero-order valence-electron chi connectivity index (χ0n) is 9.47. The van der Waals surface area contributed by atoms with Gasteiger partial charge in [0.2, 0.25) is 0 Å². The van der Waals surface area contributed by atoms with Gasteiger partial charge in [-0.25, -0.2) is 0 Å². The van der Waals surface area contributed by atoms with E-state index in [9.17, 15) is 4.79 Å². The van der Waals surface area contributed by atoms with Gasteiger partial charge < -0.3 is 5.32 Å². The van der Waals surface area contributed by atoms with E-state index in [1.807, 2.05) is 12.1 Å². The van der Waals surface area contributed by atoms with Crippen molar-refractivity contribution in [1.29, 1.82) is 0 Å². The number of H-pyrrole nitrogens is 2. The van der Waals surface area contributed by atoms with Crippen LogP contribution in [0.15, 0.2) is 36.7 Å². The quantitative estimate of drug-likeness (QED) is 0.644.